The van der Waals surface area contributed by atoms with Gasteiger partial charge in [0.2, 0.25) is 0 Å². The maximum Gasteiger partial charge on any atom is 0.0704 e. The molecule has 0 aliphatic heterocycles. The lowest BCUT2D eigenvalue weighted by Gasteiger charge is -2.18. The average Bonchev–Trinajstić information content (AvgIpc) is 2.62. The van der Waals surface area contributed by atoms with Crippen LogP contribution in [0.25, 0.3) is 0 Å². The zero-order valence-corrected chi connectivity index (χ0v) is 15.5. The van der Waals surface area contributed by atoms with Crippen molar-refractivity contribution in [1.29, 1.82) is 0 Å². The van der Waals surface area contributed by atoms with Gasteiger partial charge in [0.15, 0.2) is 0 Å². The van der Waals surface area contributed by atoms with Gasteiger partial charge in [-0.2, -0.15) is 0 Å². The summed E-state index contributed by atoms with van der Waals surface area (Å²) in [5.41, 5.74) is 2.56. The van der Waals surface area contributed by atoms with Crippen molar-refractivity contribution in [2.75, 3.05) is 7.05 Å². The third-order valence-corrected chi connectivity index (χ3v) is 5.55. The highest BCUT2D eigenvalue weighted by Gasteiger charge is 2.18. The van der Waals surface area contributed by atoms with Crippen LogP contribution in [0.4, 0.5) is 0 Å². The Labute approximate surface area is 136 Å². The average molecular weight is 454 g/mol. The number of benzene rings is 1. The Kier molecular flexibility index (Phi) is 5.06. The monoisotopic (exact) mass is 451 g/mol. The molecule has 1 aromatic heterocycles. The minimum Gasteiger partial charge on any atom is -0.309 e. The fourth-order valence-corrected chi connectivity index (χ4v) is 4.98. The van der Waals surface area contributed by atoms with E-state index in [1.54, 1.807) is 11.3 Å². The number of halogens is 3. The van der Waals surface area contributed by atoms with Crippen LogP contribution in [-0.2, 0) is 0 Å². The molecule has 5 heteroatoms. The maximum atomic E-state index is 3.64. The molecular weight excluding hydrogens is 442 g/mol. The number of aryl methyl sites for hydroxylation is 1. The Balaban J connectivity index is 2.48. The van der Waals surface area contributed by atoms with E-state index in [-0.39, 0.29) is 6.04 Å². The molecule has 2 rings (SSSR count). The lowest BCUT2D eigenvalue weighted by Crippen LogP contribution is -2.18. The van der Waals surface area contributed by atoms with Crippen molar-refractivity contribution in [2.45, 2.75) is 13.0 Å². The van der Waals surface area contributed by atoms with Gasteiger partial charge in [0.05, 0.1) is 9.83 Å². The Bertz CT molecular complexity index is 565. The number of nitrogens with one attached hydrogen (secondary N) is 1. The normalized spacial score (nSPS) is 12.7. The minimum atomic E-state index is 0.204. The van der Waals surface area contributed by atoms with Crippen LogP contribution in [0.5, 0.6) is 0 Å². The molecule has 0 spiro atoms. The number of hydrogen-bond acceptors (Lipinski definition) is 2. The van der Waals surface area contributed by atoms with Crippen LogP contribution in [0.2, 0.25) is 0 Å². The molecule has 2 aromatic rings. The molecule has 0 radical (unpaired) electrons. The Morgan fingerprint density at radius 3 is 2.33 bits per heavy atom. The van der Waals surface area contributed by atoms with Gasteiger partial charge in [0, 0.05) is 13.8 Å². The molecule has 1 heterocycles. The molecule has 0 bridgehead atoms. The van der Waals surface area contributed by atoms with Crippen LogP contribution in [0, 0.1) is 6.92 Å². The molecule has 0 aliphatic carbocycles. The second kappa shape index (κ2) is 6.18. The van der Waals surface area contributed by atoms with Crippen LogP contribution in [-0.4, -0.2) is 7.05 Å². The van der Waals surface area contributed by atoms with Crippen LogP contribution in [0.3, 0.4) is 0 Å². The molecule has 96 valence electrons. The summed E-state index contributed by atoms with van der Waals surface area (Å²) < 4.78 is 3.36. The summed E-state index contributed by atoms with van der Waals surface area (Å²) >= 11 is 12.4. The van der Waals surface area contributed by atoms with E-state index in [0.29, 0.717) is 0 Å². The third kappa shape index (κ3) is 3.07. The van der Waals surface area contributed by atoms with Crippen LogP contribution >= 0.6 is 59.1 Å². The first-order valence-corrected chi connectivity index (χ1v) is 8.60. The summed E-state index contributed by atoms with van der Waals surface area (Å²) in [6.45, 7) is 2.15. The molecule has 0 amide bonds. The SMILES string of the molecule is CNC(c1ccc(Br)cc1Br)c1cc(Br)sc1C. The van der Waals surface area contributed by atoms with Crippen molar-refractivity contribution in [3.63, 3.8) is 0 Å². The van der Waals surface area contributed by atoms with Crippen molar-refractivity contribution < 1.29 is 0 Å². The van der Waals surface area contributed by atoms with Gasteiger partial charge in [-0.1, -0.05) is 37.9 Å². The van der Waals surface area contributed by atoms with Gasteiger partial charge < -0.3 is 5.32 Å². The largest absolute Gasteiger partial charge is 0.309 e. The highest BCUT2D eigenvalue weighted by Crippen LogP contribution is 2.36. The Hall–Kier alpha value is 0.320. The fourth-order valence-electron chi connectivity index (χ4n) is 1.96. The topological polar surface area (TPSA) is 12.0 Å². The molecule has 1 unspecified atom stereocenters. The first kappa shape index (κ1) is 14.7. The highest BCUT2D eigenvalue weighted by molar-refractivity contribution is 9.11. The van der Waals surface area contributed by atoms with E-state index in [9.17, 15) is 0 Å². The zero-order chi connectivity index (χ0) is 13.3. The van der Waals surface area contributed by atoms with Crippen molar-refractivity contribution in [3.8, 4) is 0 Å². The van der Waals surface area contributed by atoms with E-state index in [0.717, 1.165) is 8.95 Å². The van der Waals surface area contributed by atoms with E-state index in [2.05, 4.69) is 84.3 Å². The van der Waals surface area contributed by atoms with Crippen LogP contribution < -0.4 is 5.32 Å². The lowest BCUT2D eigenvalue weighted by atomic mass is 10.00. The van der Waals surface area contributed by atoms with Gasteiger partial charge in [-0.15, -0.1) is 11.3 Å². The molecule has 18 heavy (non-hydrogen) atoms. The predicted molar refractivity (Wildman–Crippen MR) is 89.5 cm³/mol. The molecule has 0 saturated carbocycles. The van der Waals surface area contributed by atoms with Gasteiger partial charge in [-0.05, 0) is 59.2 Å². The van der Waals surface area contributed by atoms with Crippen molar-refractivity contribution >= 4 is 59.1 Å². The van der Waals surface area contributed by atoms with Gasteiger partial charge in [0.1, 0.15) is 0 Å². The molecule has 1 aromatic carbocycles. The summed E-state index contributed by atoms with van der Waals surface area (Å²) in [5.74, 6) is 0. The quantitative estimate of drug-likeness (QED) is 0.633. The highest BCUT2D eigenvalue weighted by atomic mass is 79.9. The smallest absolute Gasteiger partial charge is 0.0704 e. The van der Waals surface area contributed by atoms with Gasteiger partial charge in [-0.25, -0.2) is 0 Å². The molecule has 1 N–H and O–H groups in total. The molecule has 1 nitrogen and oxygen atoms in total. The number of thiophene rings is 1. The van der Waals surface area contributed by atoms with E-state index < -0.39 is 0 Å². The van der Waals surface area contributed by atoms with Crippen LogP contribution in [0.15, 0.2) is 37.0 Å². The van der Waals surface area contributed by atoms with E-state index in [4.69, 9.17) is 0 Å². The zero-order valence-electron chi connectivity index (χ0n) is 9.93. The Morgan fingerprint density at radius 1 is 1.11 bits per heavy atom. The van der Waals surface area contributed by atoms with Crippen molar-refractivity contribution in [2.24, 2.45) is 0 Å². The Morgan fingerprint density at radius 2 is 1.83 bits per heavy atom. The van der Waals surface area contributed by atoms with Crippen LogP contribution in [0.1, 0.15) is 22.0 Å². The summed E-state index contributed by atoms with van der Waals surface area (Å²) in [5, 5.41) is 3.39. The number of hydrogen-bond donors (Lipinski definition) is 1. The first-order valence-electron chi connectivity index (χ1n) is 5.41. The molecule has 0 saturated heterocycles. The van der Waals surface area contributed by atoms with E-state index in [1.807, 2.05) is 7.05 Å². The summed E-state index contributed by atoms with van der Waals surface area (Å²) in [4.78, 5) is 1.33. The fraction of sp³-hybridized carbons (Fsp3) is 0.231. The third-order valence-electron chi connectivity index (χ3n) is 2.80. The van der Waals surface area contributed by atoms with Gasteiger partial charge in [0.25, 0.3) is 0 Å². The molecular formula is C13H12Br3NS. The summed E-state index contributed by atoms with van der Waals surface area (Å²) in [6, 6.07) is 8.68. The summed E-state index contributed by atoms with van der Waals surface area (Å²) in [6.07, 6.45) is 0. The van der Waals surface area contributed by atoms with E-state index in [1.165, 1.54) is 19.8 Å². The van der Waals surface area contributed by atoms with E-state index >= 15 is 0 Å². The van der Waals surface area contributed by atoms with Gasteiger partial charge >= 0.3 is 0 Å². The second-order valence-corrected chi connectivity index (χ2v) is 8.36. The molecule has 1 atom stereocenters. The van der Waals surface area contributed by atoms with Gasteiger partial charge in [-0.3, -0.25) is 0 Å². The second-order valence-electron chi connectivity index (χ2n) is 3.95. The van der Waals surface area contributed by atoms with Crippen molar-refractivity contribution in [3.05, 3.63) is 53.0 Å². The maximum absolute atomic E-state index is 3.64. The lowest BCUT2D eigenvalue weighted by molar-refractivity contribution is 0.687. The molecule has 0 aliphatic rings. The van der Waals surface area contributed by atoms with Crippen molar-refractivity contribution in [1.82, 2.24) is 5.32 Å². The first-order chi connectivity index (χ1) is 8.52. The predicted octanol–water partition coefficient (Wildman–Crippen LogP) is 5.65. The standard InChI is InChI=1S/C13H12Br3NS/c1-7-10(6-12(16)18-7)13(17-2)9-4-3-8(14)5-11(9)15/h3-6,13,17H,1-2H3. The molecule has 0 fully saturated rings. The minimum absolute atomic E-state index is 0.204. The number of rotatable bonds is 3. The summed E-state index contributed by atoms with van der Waals surface area (Å²) in [7, 11) is 1.99.